The van der Waals surface area contributed by atoms with Crippen LogP contribution in [-0.4, -0.2) is 18.0 Å². The van der Waals surface area contributed by atoms with E-state index < -0.39 is 0 Å². The summed E-state index contributed by atoms with van der Waals surface area (Å²) in [7, 11) is 2.15. The van der Waals surface area contributed by atoms with Crippen LogP contribution < -0.4 is 0 Å². The van der Waals surface area contributed by atoms with Crippen LogP contribution in [0.1, 0.15) is 34.6 Å². The molecule has 11 heavy (non-hydrogen) atoms. The molecule has 0 aliphatic carbocycles. The quantitative estimate of drug-likeness (QED) is 0.605. The van der Waals surface area contributed by atoms with Crippen molar-refractivity contribution in [3.05, 3.63) is 11.8 Å². The van der Waals surface area contributed by atoms with E-state index in [-0.39, 0.29) is 0 Å². The van der Waals surface area contributed by atoms with Gasteiger partial charge < -0.3 is 4.90 Å². The monoisotopic (exact) mass is 155 g/mol. The first-order valence-electron chi connectivity index (χ1n) is 4.39. The van der Waals surface area contributed by atoms with Crippen LogP contribution >= 0.6 is 0 Å². The Morgan fingerprint density at radius 2 is 1.64 bits per heavy atom. The maximum Gasteiger partial charge on any atom is 0.0227 e. The second-order valence-corrected chi connectivity index (χ2v) is 3.57. The lowest BCUT2D eigenvalue weighted by atomic mass is 10.1. The van der Waals surface area contributed by atoms with Gasteiger partial charge in [0.05, 0.1) is 0 Å². The van der Waals surface area contributed by atoms with Gasteiger partial charge in [-0.05, 0) is 26.7 Å². The van der Waals surface area contributed by atoms with E-state index in [0.717, 1.165) is 0 Å². The molecule has 0 unspecified atom stereocenters. The molecule has 66 valence electrons. The molecule has 0 aromatic carbocycles. The first-order valence-corrected chi connectivity index (χ1v) is 4.39. The maximum absolute atomic E-state index is 2.32. The Bertz CT molecular complexity index is 134. The van der Waals surface area contributed by atoms with Gasteiger partial charge in [-0.25, -0.2) is 0 Å². The lowest BCUT2D eigenvalue weighted by molar-refractivity contribution is 0.312. The Labute approximate surface area is 71.1 Å². The van der Waals surface area contributed by atoms with Gasteiger partial charge in [-0.2, -0.15) is 0 Å². The highest BCUT2D eigenvalue weighted by Crippen LogP contribution is 2.15. The summed E-state index contributed by atoms with van der Waals surface area (Å²) < 4.78 is 0. The van der Waals surface area contributed by atoms with E-state index in [0.29, 0.717) is 12.0 Å². The Kier molecular flexibility index (Phi) is 4.24. The normalized spacial score (nSPS) is 12.9. The van der Waals surface area contributed by atoms with Gasteiger partial charge in [-0.15, -0.1) is 0 Å². The molecule has 0 aliphatic rings. The van der Waals surface area contributed by atoms with E-state index in [2.05, 4.69) is 52.6 Å². The molecular weight excluding hydrogens is 134 g/mol. The zero-order valence-corrected chi connectivity index (χ0v) is 8.68. The molecule has 0 fully saturated rings. The van der Waals surface area contributed by atoms with Gasteiger partial charge in [0, 0.05) is 18.8 Å². The van der Waals surface area contributed by atoms with E-state index in [1.165, 1.54) is 5.70 Å². The number of hydrogen-bond acceptors (Lipinski definition) is 1. The van der Waals surface area contributed by atoms with E-state index in [1.54, 1.807) is 0 Å². The average Bonchev–Trinajstić information content (AvgIpc) is 1.88. The molecule has 0 aromatic rings. The lowest BCUT2D eigenvalue weighted by Gasteiger charge is -2.29. The molecule has 0 saturated carbocycles. The number of nitrogens with zero attached hydrogens (tertiary/aromatic N) is 1. The largest absolute Gasteiger partial charge is 0.376 e. The fourth-order valence-electron chi connectivity index (χ4n) is 1.24. The van der Waals surface area contributed by atoms with E-state index in [1.807, 2.05) is 0 Å². The summed E-state index contributed by atoms with van der Waals surface area (Å²) >= 11 is 0. The van der Waals surface area contributed by atoms with Crippen LogP contribution in [-0.2, 0) is 0 Å². The zero-order chi connectivity index (χ0) is 9.02. The molecular formula is C10H21N. The zero-order valence-electron chi connectivity index (χ0n) is 8.68. The lowest BCUT2D eigenvalue weighted by Crippen LogP contribution is -2.27. The van der Waals surface area contributed by atoms with Crippen molar-refractivity contribution in [2.75, 3.05) is 7.05 Å². The van der Waals surface area contributed by atoms with Crippen LogP contribution in [0.5, 0.6) is 0 Å². The Balaban J connectivity index is 4.28. The summed E-state index contributed by atoms with van der Waals surface area (Å²) in [6, 6.07) is 0.601. The molecule has 0 atom stereocenters. The van der Waals surface area contributed by atoms with Crippen LogP contribution in [0.4, 0.5) is 0 Å². The van der Waals surface area contributed by atoms with Crippen molar-refractivity contribution in [2.24, 2.45) is 5.92 Å². The minimum atomic E-state index is 0.601. The molecule has 0 rings (SSSR count). The predicted octanol–water partition coefficient (Wildman–Crippen LogP) is 2.89. The molecule has 0 saturated heterocycles. The number of hydrogen-bond donors (Lipinski definition) is 0. The van der Waals surface area contributed by atoms with Crippen molar-refractivity contribution in [1.82, 2.24) is 4.90 Å². The van der Waals surface area contributed by atoms with Crippen LogP contribution in [0.25, 0.3) is 0 Å². The topological polar surface area (TPSA) is 3.24 Å². The van der Waals surface area contributed by atoms with Crippen molar-refractivity contribution in [3.63, 3.8) is 0 Å². The highest BCUT2D eigenvalue weighted by atomic mass is 15.1. The van der Waals surface area contributed by atoms with Gasteiger partial charge in [-0.1, -0.05) is 19.9 Å². The standard InChI is InChI=1S/C10H21N/c1-7-10(8(2)3)11(6)9(4)5/h7-9H,1-6H3/b10-7-. The van der Waals surface area contributed by atoms with Gasteiger partial charge in [0.1, 0.15) is 0 Å². The van der Waals surface area contributed by atoms with Crippen molar-refractivity contribution in [1.29, 1.82) is 0 Å². The first-order chi connectivity index (χ1) is 5.00. The molecule has 1 heteroatoms. The molecule has 0 N–H and O–H groups in total. The molecule has 0 aliphatic heterocycles. The molecule has 0 aromatic heterocycles. The van der Waals surface area contributed by atoms with Crippen LogP contribution in [0.15, 0.2) is 11.8 Å². The average molecular weight is 155 g/mol. The maximum atomic E-state index is 2.32. The van der Waals surface area contributed by atoms with E-state index in [9.17, 15) is 0 Å². The van der Waals surface area contributed by atoms with Crippen LogP contribution in [0.3, 0.4) is 0 Å². The van der Waals surface area contributed by atoms with Gasteiger partial charge in [0.25, 0.3) is 0 Å². The summed E-state index contributed by atoms with van der Waals surface area (Å²) in [5.41, 5.74) is 1.43. The summed E-state index contributed by atoms with van der Waals surface area (Å²) in [4.78, 5) is 2.32. The molecule has 0 bridgehead atoms. The highest BCUT2D eigenvalue weighted by Gasteiger charge is 2.09. The Hall–Kier alpha value is -0.460. The molecule has 0 spiro atoms. The molecule has 1 nitrogen and oxygen atoms in total. The van der Waals surface area contributed by atoms with Gasteiger partial charge in [0.2, 0.25) is 0 Å². The Morgan fingerprint density at radius 3 is 1.73 bits per heavy atom. The van der Waals surface area contributed by atoms with Crippen molar-refractivity contribution < 1.29 is 0 Å². The minimum Gasteiger partial charge on any atom is -0.376 e. The Morgan fingerprint density at radius 1 is 1.18 bits per heavy atom. The molecule has 0 radical (unpaired) electrons. The summed E-state index contributed by atoms with van der Waals surface area (Å²) in [6.45, 7) is 11.0. The van der Waals surface area contributed by atoms with Crippen molar-refractivity contribution >= 4 is 0 Å². The minimum absolute atomic E-state index is 0.601. The van der Waals surface area contributed by atoms with Gasteiger partial charge >= 0.3 is 0 Å². The van der Waals surface area contributed by atoms with Crippen LogP contribution in [0.2, 0.25) is 0 Å². The third-order valence-corrected chi connectivity index (χ3v) is 2.07. The highest BCUT2D eigenvalue weighted by molar-refractivity contribution is 5.02. The summed E-state index contributed by atoms with van der Waals surface area (Å²) in [5.74, 6) is 0.632. The van der Waals surface area contributed by atoms with Gasteiger partial charge in [0.15, 0.2) is 0 Å². The SMILES string of the molecule is C/C=C(/C(C)C)N(C)C(C)C. The van der Waals surface area contributed by atoms with E-state index >= 15 is 0 Å². The summed E-state index contributed by atoms with van der Waals surface area (Å²) in [5, 5.41) is 0. The van der Waals surface area contributed by atoms with E-state index in [4.69, 9.17) is 0 Å². The van der Waals surface area contributed by atoms with Crippen molar-refractivity contribution in [2.45, 2.75) is 40.7 Å². The third kappa shape index (κ3) is 2.96. The van der Waals surface area contributed by atoms with Crippen LogP contribution in [0, 0.1) is 5.92 Å². The predicted molar refractivity (Wildman–Crippen MR) is 51.5 cm³/mol. The smallest absolute Gasteiger partial charge is 0.0227 e. The molecule has 0 amide bonds. The second kappa shape index (κ2) is 4.42. The number of rotatable bonds is 3. The fraction of sp³-hybridized carbons (Fsp3) is 0.800. The van der Waals surface area contributed by atoms with Crippen molar-refractivity contribution in [3.8, 4) is 0 Å². The molecule has 0 heterocycles. The second-order valence-electron chi connectivity index (χ2n) is 3.57. The summed E-state index contributed by atoms with van der Waals surface area (Å²) in [6.07, 6.45) is 2.20. The van der Waals surface area contributed by atoms with Gasteiger partial charge in [-0.3, -0.25) is 0 Å². The number of allylic oxidation sites excluding steroid dienone is 2. The fourth-order valence-corrected chi connectivity index (χ4v) is 1.24. The first kappa shape index (κ1) is 10.5. The third-order valence-electron chi connectivity index (χ3n) is 2.07.